The molecule has 0 aliphatic rings. The zero-order chi connectivity index (χ0) is 15.1. The molecule has 1 aromatic heterocycles. The van der Waals surface area contributed by atoms with Crippen molar-refractivity contribution >= 4 is 10.0 Å². The van der Waals surface area contributed by atoms with E-state index in [1.54, 1.807) is 4.98 Å². The molecular formula is C10H8FN3O5S. The Morgan fingerprint density at radius 2 is 1.95 bits per heavy atom. The molecule has 106 valence electrons. The lowest BCUT2D eigenvalue weighted by atomic mass is 10.3. The molecule has 1 aromatic carbocycles. The lowest BCUT2D eigenvalue weighted by Crippen LogP contribution is -2.31. The van der Waals surface area contributed by atoms with E-state index in [1.165, 1.54) is 12.1 Å². The molecule has 0 saturated carbocycles. The number of nitrogens with two attached hydrogens (primary N) is 1. The van der Waals surface area contributed by atoms with E-state index in [2.05, 4.69) is 0 Å². The lowest BCUT2D eigenvalue weighted by molar-refractivity contribution is 0.386. The van der Waals surface area contributed by atoms with E-state index in [9.17, 15) is 27.5 Å². The molecule has 0 aliphatic heterocycles. The van der Waals surface area contributed by atoms with Crippen LogP contribution in [0, 0.1) is 5.82 Å². The van der Waals surface area contributed by atoms with Gasteiger partial charge in [-0.05, 0) is 18.2 Å². The zero-order valence-electron chi connectivity index (χ0n) is 9.70. The minimum absolute atomic E-state index is 0.172. The van der Waals surface area contributed by atoms with Crippen LogP contribution < -0.4 is 16.4 Å². The molecule has 0 bridgehead atoms. The smallest absolute Gasteiger partial charge is 0.335 e. The average Bonchev–Trinajstić information content (AvgIpc) is 2.35. The molecule has 20 heavy (non-hydrogen) atoms. The van der Waals surface area contributed by atoms with E-state index in [0.717, 1.165) is 12.1 Å². The second-order valence-electron chi connectivity index (χ2n) is 3.77. The number of sulfonamides is 1. The molecule has 0 aliphatic carbocycles. The van der Waals surface area contributed by atoms with Gasteiger partial charge in [0.15, 0.2) is 0 Å². The van der Waals surface area contributed by atoms with Gasteiger partial charge in [0.2, 0.25) is 21.7 Å². The number of rotatable bonds is 2. The van der Waals surface area contributed by atoms with E-state index < -0.39 is 33.0 Å². The van der Waals surface area contributed by atoms with Crippen molar-refractivity contribution in [2.24, 2.45) is 5.14 Å². The molecule has 2 rings (SSSR count). The predicted molar refractivity (Wildman–Crippen MR) is 65.7 cm³/mol. The summed E-state index contributed by atoms with van der Waals surface area (Å²) in [7, 11) is -4.04. The van der Waals surface area contributed by atoms with E-state index in [-0.39, 0.29) is 10.6 Å². The Morgan fingerprint density at radius 1 is 1.30 bits per heavy atom. The van der Waals surface area contributed by atoms with Crippen molar-refractivity contribution in [3.8, 4) is 11.6 Å². The molecular weight excluding hydrogens is 293 g/mol. The summed E-state index contributed by atoms with van der Waals surface area (Å²) in [6.45, 7) is 0. The summed E-state index contributed by atoms with van der Waals surface area (Å²) in [5.74, 6) is -2.80. The SMILES string of the molecule is NS(=O)(=O)c1cccc(-n2c(O)c(F)c(=O)[nH]c2=O)c1. The van der Waals surface area contributed by atoms with Crippen LogP contribution in [0.2, 0.25) is 0 Å². The van der Waals surface area contributed by atoms with Gasteiger partial charge >= 0.3 is 5.69 Å². The van der Waals surface area contributed by atoms with Gasteiger partial charge in [-0.15, -0.1) is 0 Å². The van der Waals surface area contributed by atoms with Crippen LogP contribution in [0.4, 0.5) is 4.39 Å². The lowest BCUT2D eigenvalue weighted by Gasteiger charge is -2.09. The highest BCUT2D eigenvalue weighted by atomic mass is 32.2. The second kappa shape index (κ2) is 4.58. The number of hydrogen-bond donors (Lipinski definition) is 3. The van der Waals surface area contributed by atoms with Gasteiger partial charge in [-0.2, -0.15) is 4.39 Å². The van der Waals surface area contributed by atoms with E-state index in [4.69, 9.17) is 5.14 Å². The van der Waals surface area contributed by atoms with Crippen molar-refractivity contribution in [3.63, 3.8) is 0 Å². The normalized spacial score (nSPS) is 11.5. The number of nitrogens with one attached hydrogen (secondary N) is 1. The molecule has 0 radical (unpaired) electrons. The fourth-order valence-electron chi connectivity index (χ4n) is 1.54. The minimum Gasteiger partial charge on any atom is -0.492 e. The molecule has 8 nitrogen and oxygen atoms in total. The van der Waals surface area contributed by atoms with E-state index in [1.807, 2.05) is 0 Å². The number of primary sulfonamides is 1. The molecule has 0 amide bonds. The van der Waals surface area contributed by atoms with Crippen LogP contribution in [0.15, 0.2) is 38.8 Å². The highest BCUT2D eigenvalue weighted by molar-refractivity contribution is 7.89. The van der Waals surface area contributed by atoms with Gasteiger partial charge in [0.1, 0.15) is 0 Å². The summed E-state index contributed by atoms with van der Waals surface area (Å²) < 4.78 is 36.1. The van der Waals surface area contributed by atoms with E-state index >= 15 is 0 Å². The number of benzene rings is 1. The molecule has 4 N–H and O–H groups in total. The Bertz CT molecular complexity index is 900. The van der Waals surface area contributed by atoms with Gasteiger partial charge in [-0.1, -0.05) is 6.07 Å². The molecule has 0 fully saturated rings. The summed E-state index contributed by atoms with van der Waals surface area (Å²) in [6.07, 6.45) is 0. The van der Waals surface area contributed by atoms with Gasteiger partial charge in [-0.25, -0.2) is 22.9 Å². The first-order valence-corrected chi connectivity index (χ1v) is 6.63. The Morgan fingerprint density at radius 3 is 2.55 bits per heavy atom. The number of aromatic amines is 1. The van der Waals surface area contributed by atoms with Crippen molar-refractivity contribution in [2.45, 2.75) is 4.90 Å². The number of hydrogen-bond acceptors (Lipinski definition) is 5. The Hall–Kier alpha value is -2.46. The summed E-state index contributed by atoms with van der Waals surface area (Å²) >= 11 is 0. The maximum Gasteiger partial charge on any atom is 0.335 e. The standard InChI is InChI=1S/C10H8FN3O5S/c11-7-8(15)13-10(17)14(9(7)16)5-2-1-3-6(4-5)20(12,18)19/h1-4,16H,(H2,12,18,19)(H,13,15,17). The third kappa shape index (κ3) is 2.33. The van der Waals surface area contributed by atoms with Gasteiger partial charge in [0.05, 0.1) is 10.6 Å². The molecule has 10 heteroatoms. The Kier molecular flexibility index (Phi) is 3.19. The first-order chi connectivity index (χ1) is 9.21. The minimum atomic E-state index is -4.04. The van der Waals surface area contributed by atoms with Crippen LogP contribution in [0.3, 0.4) is 0 Å². The van der Waals surface area contributed by atoms with Crippen LogP contribution >= 0.6 is 0 Å². The van der Waals surface area contributed by atoms with Crippen molar-refractivity contribution in [2.75, 3.05) is 0 Å². The number of aromatic hydroxyl groups is 1. The van der Waals surface area contributed by atoms with Crippen LogP contribution in [-0.4, -0.2) is 23.1 Å². The highest BCUT2D eigenvalue weighted by Gasteiger charge is 2.16. The highest BCUT2D eigenvalue weighted by Crippen LogP contribution is 2.17. The molecule has 0 unspecified atom stereocenters. The van der Waals surface area contributed by atoms with Gasteiger partial charge in [0.25, 0.3) is 5.56 Å². The van der Waals surface area contributed by atoms with Gasteiger partial charge in [0, 0.05) is 0 Å². The zero-order valence-corrected chi connectivity index (χ0v) is 10.5. The first kappa shape index (κ1) is 14.0. The summed E-state index contributed by atoms with van der Waals surface area (Å²) in [4.78, 5) is 23.8. The fourth-order valence-corrected chi connectivity index (χ4v) is 2.10. The van der Waals surface area contributed by atoms with Gasteiger partial charge < -0.3 is 5.11 Å². The van der Waals surface area contributed by atoms with Crippen molar-refractivity contribution in [1.82, 2.24) is 9.55 Å². The molecule has 0 spiro atoms. The second-order valence-corrected chi connectivity index (χ2v) is 5.34. The molecule has 2 aromatic rings. The number of H-pyrrole nitrogens is 1. The maximum atomic E-state index is 13.3. The van der Waals surface area contributed by atoms with Crippen LogP contribution in [-0.2, 0) is 10.0 Å². The topological polar surface area (TPSA) is 135 Å². The Labute approximate surface area is 111 Å². The third-order valence-electron chi connectivity index (χ3n) is 2.44. The Balaban J connectivity index is 2.80. The quantitative estimate of drug-likeness (QED) is 0.655. The molecule has 0 saturated heterocycles. The van der Waals surface area contributed by atoms with Crippen LogP contribution in [0.1, 0.15) is 0 Å². The van der Waals surface area contributed by atoms with E-state index in [0.29, 0.717) is 4.57 Å². The first-order valence-electron chi connectivity index (χ1n) is 5.09. The van der Waals surface area contributed by atoms with Gasteiger partial charge in [-0.3, -0.25) is 9.78 Å². The van der Waals surface area contributed by atoms with Crippen molar-refractivity contribution in [3.05, 3.63) is 50.9 Å². The molecule has 0 atom stereocenters. The van der Waals surface area contributed by atoms with Crippen LogP contribution in [0.5, 0.6) is 5.88 Å². The summed E-state index contributed by atoms with van der Waals surface area (Å²) in [5, 5.41) is 14.4. The monoisotopic (exact) mass is 301 g/mol. The molecule has 1 heterocycles. The largest absolute Gasteiger partial charge is 0.492 e. The number of aromatic nitrogens is 2. The third-order valence-corrected chi connectivity index (χ3v) is 3.35. The van der Waals surface area contributed by atoms with Crippen molar-refractivity contribution in [1.29, 1.82) is 0 Å². The maximum absolute atomic E-state index is 13.3. The summed E-state index contributed by atoms with van der Waals surface area (Å²) in [5.41, 5.74) is -2.68. The van der Waals surface area contributed by atoms with Crippen molar-refractivity contribution < 1.29 is 17.9 Å². The summed E-state index contributed by atoms with van der Waals surface area (Å²) in [6, 6.07) is 4.58. The van der Waals surface area contributed by atoms with Crippen LogP contribution in [0.25, 0.3) is 5.69 Å². The fraction of sp³-hybridized carbons (Fsp3) is 0. The number of nitrogens with zero attached hydrogens (tertiary/aromatic N) is 1. The average molecular weight is 301 g/mol. The predicted octanol–water partition coefficient (Wildman–Crippen LogP) is -0.982. The number of halogens is 1.